The average molecular weight is 290 g/mol. The van der Waals surface area contributed by atoms with E-state index in [1.54, 1.807) is 0 Å². The molecule has 0 amide bonds. The molecule has 1 atom stereocenters. The molecule has 0 aromatic heterocycles. The molecule has 21 heavy (non-hydrogen) atoms. The Morgan fingerprint density at radius 1 is 1.00 bits per heavy atom. The minimum atomic E-state index is 0.195. The van der Waals surface area contributed by atoms with E-state index >= 15 is 0 Å². The Morgan fingerprint density at radius 2 is 1.57 bits per heavy atom. The molecule has 0 heterocycles. The zero-order valence-corrected chi connectivity index (χ0v) is 15.6. The minimum absolute atomic E-state index is 0.195. The molecule has 0 aliphatic rings. The van der Waals surface area contributed by atoms with Gasteiger partial charge in [-0.1, -0.05) is 73.6 Å². The van der Waals surface area contributed by atoms with Crippen molar-refractivity contribution in [2.24, 2.45) is 11.3 Å². The van der Waals surface area contributed by atoms with Crippen LogP contribution in [0, 0.1) is 11.3 Å². The molecule has 1 unspecified atom stereocenters. The molecule has 0 aliphatic carbocycles. The number of rotatable bonds is 5. The predicted octanol–water partition coefficient (Wildman–Crippen LogP) is 5.49. The van der Waals surface area contributed by atoms with Gasteiger partial charge in [0, 0.05) is 6.04 Å². The van der Waals surface area contributed by atoms with Gasteiger partial charge in [-0.2, -0.15) is 0 Å². The topological polar surface area (TPSA) is 12.0 Å². The number of hydrogen-bond acceptors (Lipinski definition) is 1. The van der Waals surface area contributed by atoms with Crippen molar-refractivity contribution in [1.29, 1.82) is 0 Å². The molecule has 0 bridgehead atoms. The van der Waals surface area contributed by atoms with Gasteiger partial charge in [0.05, 0.1) is 0 Å². The van der Waals surface area contributed by atoms with E-state index in [0.29, 0.717) is 12.0 Å². The zero-order chi connectivity index (χ0) is 16.4. The number of aryl methyl sites for hydroxylation is 1. The molecular weight excluding hydrogens is 254 g/mol. The zero-order valence-electron chi connectivity index (χ0n) is 15.6. The van der Waals surface area contributed by atoms with Crippen molar-refractivity contribution in [1.82, 2.24) is 5.32 Å². The van der Waals surface area contributed by atoms with Crippen molar-refractivity contribution in [3.05, 3.63) is 34.9 Å². The third-order valence-electron chi connectivity index (χ3n) is 5.14. The monoisotopic (exact) mass is 289 g/mol. The van der Waals surface area contributed by atoms with E-state index < -0.39 is 0 Å². The van der Waals surface area contributed by atoms with Gasteiger partial charge in [0.15, 0.2) is 0 Å². The fraction of sp³-hybridized carbons (Fsp3) is 0.700. The smallest absolute Gasteiger partial charge is 0.0372 e. The summed E-state index contributed by atoms with van der Waals surface area (Å²) in [5, 5.41) is 3.57. The van der Waals surface area contributed by atoms with Crippen molar-refractivity contribution in [3.63, 3.8) is 0 Å². The van der Waals surface area contributed by atoms with Crippen LogP contribution in [0.2, 0.25) is 0 Å². The van der Waals surface area contributed by atoms with Crippen LogP contribution in [-0.4, -0.2) is 7.05 Å². The predicted molar refractivity (Wildman–Crippen MR) is 94.9 cm³/mol. The van der Waals surface area contributed by atoms with E-state index in [1.165, 1.54) is 16.7 Å². The van der Waals surface area contributed by atoms with Crippen LogP contribution in [0.25, 0.3) is 0 Å². The van der Waals surface area contributed by atoms with E-state index in [4.69, 9.17) is 0 Å². The Balaban J connectivity index is 3.40. The van der Waals surface area contributed by atoms with Crippen LogP contribution in [0.15, 0.2) is 18.2 Å². The standard InChI is InChI=1S/C20H35N/c1-10-15-11-16(13-17(12-15)19(4,5)6)18(21-9)20(7,8)14(2)3/h11-14,18,21H,10H2,1-9H3. The van der Waals surface area contributed by atoms with Crippen LogP contribution in [0.3, 0.4) is 0 Å². The van der Waals surface area contributed by atoms with Gasteiger partial charge < -0.3 is 5.32 Å². The molecule has 0 spiro atoms. The van der Waals surface area contributed by atoms with E-state index in [-0.39, 0.29) is 10.8 Å². The lowest BCUT2D eigenvalue weighted by atomic mass is 9.71. The molecule has 1 aromatic carbocycles. The maximum atomic E-state index is 3.57. The SMILES string of the molecule is CCc1cc(C(NC)C(C)(C)C(C)C)cc(C(C)(C)C)c1. The number of benzene rings is 1. The third-order valence-corrected chi connectivity index (χ3v) is 5.14. The highest BCUT2D eigenvalue weighted by atomic mass is 14.9. The Kier molecular flexibility index (Phi) is 5.66. The molecule has 1 aromatic rings. The van der Waals surface area contributed by atoms with Gasteiger partial charge in [-0.05, 0) is 46.9 Å². The first-order valence-corrected chi connectivity index (χ1v) is 8.35. The summed E-state index contributed by atoms with van der Waals surface area (Å²) in [5.41, 5.74) is 4.73. The van der Waals surface area contributed by atoms with E-state index in [9.17, 15) is 0 Å². The first kappa shape index (κ1) is 18.2. The van der Waals surface area contributed by atoms with Gasteiger partial charge in [-0.15, -0.1) is 0 Å². The molecule has 1 rings (SSSR count). The second-order valence-corrected chi connectivity index (χ2v) is 8.26. The van der Waals surface area contributed by atoms with Gasteiger partial charge in [0.1, 0.15) is 0 Å². The summed E-state index contributed by atoms with van der Waals surface area (Å²) in [6, 6.07) is 7.55. The fourth-order valence-electron chi connectivity index (χ4n) is 2.82. The van der Waals surface area contributed by atoms with Gasteiger partial charge in [0.25, 0.3) is 0 Å². The summed E-state index contributed by atoms with van der Waals surface area (Å²) in [6.45, 7) is 18.5. The quantitative estimate of drug-likeness (QED) is 0.756. The number of nitrogens with one attached hydrogen (secondary N) is 1. The molecule has 120 valence electrons. The van der Waals surface area contributed by atoms with E-state index in [1.807, 2.05) is 0 Å². The van der Waals surface area contributed by atoms with Gasteiger partial charge in [-0.25, -0.2) is 0 Å². The first-order valence-electron chi connectivity index (χ1n) is 8.35. The van der Waals surface area contributed by atoms with Crippen LogP contribution >= 0.6 is 0 Å². The van der Waals surface area contributed by atoms with Crippen LogP contribution < -0.4 is 5.32 Å². The fourth-order valence-corrected chi connectivity index (χ4v) is 2.82. The lowest BCUT2D eigenvalue weighted by Gasteiger charge is -2.39. The van der Waals surface area contributed by atoms with Crippen LogP contribution in [-0.2, 0) is 11.8 Å². The first-order chi connectivity index (χ1) is 9.53. The average Bonchev–Trinajstić information content (AvgIpc) is 2.37. The highest BCUT2D eigenvalue weighted by molar-refractivity contribution is 5.36. The highest BCUT2D eigenvalue weighted by Gasteiger charge is 2.33. The van der Waals surface area contributed by atoms with Crippen LogP contribution in [0.1, 0.15) is 78.1 Å². The van der Waals surface area contributed by atoms with Crippen molar-refractivity contribution in [2.45, 2.75) is 73.3 Å². The van der Waals surface area contributed by atoms with Crippen molar-refractivity contribution >= 4 is 0 Å². The molecule has 1 nitrogen and oxygen atoms in total. The molecule has 0 aliphatic heterocycles. The summed E-state index contributed by atoms with van der Waals surface area (Å²) in [7, 11) is 2.09. The minimum Gasteiger partial charge on any atom is -0.313 e. The molecule has 0 saturated heterocycles. The lowest BCUT2D eigenvalue weighted by Crippen LogP contribution is -2.36. The number of hydrogen-bond donors (Lipinski definition) is 1. The summed E-state index contributed by atoms with van der Waals surface area (Å²) >= 11 is 0. The molecule has 0 fully saturated rings. The van der Waals surface area contributed by atoms with E-state index in [2.05, 4.69) is 86.0 Å². The maximum absolute atomic E-state index is 3.57. The van der Waals surface area contributed by atoms with Crippen molar-refractivity contribution in [2.75, 3.05) is 7.05 Å². The Hall–Kier alpha value is -0.820. The maximum Gasteiger partial charge on any atom is 0.0372 e. The van der Waals surface area contributed by atoms with Gasteiger partial charge in [0.2, 0.25) is 0 Å². The van der Waals surface area contributed by atoms with Crippen molar-refractivity contribution < 1.29 is 0 Å². The van der Waals surface area contributed by atoms with Gasteiger partial charge in [-0.3, -0.25) is 0 Å². The normalized spacial score (nSPS) is 14.6. The Morgan fingerprint density at radius 3 is 1.95 bits per heavy atom. The lowest BCUT2D eigenvalue weighted by molar-refractivity contribution is 0.172. The highest BCUT2D eigenvalue weighted by Crippen LogP contribution is 2.41. The van der Waals surface area contributed by atoms with E-state index in [0.717, 1.165) is 6.42 Å². The van der Waals surface area contributed by atoms with Gasteiger partial charge >= 0.3 is 0 Å². The summed E-state index contributed by atoms with van der Waals surface area (Å²) in [6.07, 6.45) is 1.09. The molecule has 0 radical (unpaired) electrons. The summed E-state index contributed by atoms with van der Waals surface area (Å²) in [5.74, 6) is 0.623. The Bertz CT molecular complexity index is 463. The van der Waals surface area contributed by atoms with Crippen molar-refractivity contribution in [3.8, 4) is 0 Å². The van der Waals surface area contributed by atoms with Crippen LogP contribution in [0.5, 0.6) is 0 Å². The second-order valence-electron chi connectivity index (χ2n) is 8.26. The molecule has 1 heteroatoms. The summed E-state index contributed by atoms with van der Waals surface area (Å²) in [4.78, 5) is 0. The molecular formula is C20H35N. The second kappa shape index (κ2) is 6.52. The molecule has 1 N–H and O–H groups in total. The Labute approximate surface area is 132 Å². The molecule has 0 saturated carbocycles. The third kappa shape index (κ3) is 4.10. The van der Waals surface area contributed by atoms with Crippen LogP contribution in [0.4, 0.5) is 0 Å². The summed E-state index contributed by atoms with van der Waals surface area (Å²) < 4.78 is 0. The largest absolute Gasteiger partial charge is 0.313 e.